The van der Waals surface area contributed by atoms with E-state index in [1.165, 1.54) is 135 Å². The van der Waals surface area contributed by atoms with Crippen LogP contribution in [0.4, 0.5) is 0 Å². The fourth-order valence-electron chi connectivity index (χ4n) is 10.8. The highest BCUT2D eigenvalue weighted by atomic mass is 14.5. The van der Waals surface area contributed by atoms with Crippen LogP contribution in [0.3, 0.4) is 0 Å². The zero-order chi connectivity index (χ0) is 42.3. The minimum Gasteiger partial charge on any atom is -0.0654 e. The largest absolute Gasteiger partial charge is 0.0714 e. The van der Waals surface area contributed by atoms with E-state index >= 15 is 0 Å². The summed E-state index contributed by atoms with van der Waals surface area (Å²) in [6.45, 7) is 4.46. The number of unbranched alkanes of at least 4 members (excludes halogenated alkanes) is 3. The maximum absolute atomic E-state index is 2.55. The molecule has 0 bridgehead atoms. The molecule has 0 spiro atoms. The molecule has 0 heteroatoms. The van der Waals surface area contributed by atoms with Gasteiger partial charge in [-0.2, -0.15) is 0 Å². The molecular weight excluding hydrogens is 757 g/mol. The second kappa shape index (κ2) is 16.2. The van der Waals surface area contributed by atoms with E-state index in [0.717, 1.165) is 0 Å². The van der Waals surface area contributed by atoms with Gasteiger partial charge in [-0.3, -0.25) is 0 Å². The quantitative estimate of drug-likeness (QED) is 0.111. The summed E-state index contributed by atoms with van der Waals surface area (Å²) < 4.78 is 0. The first kappa shape index (κ1) is 38.6. The third-order valence-corrected chi connectivity index (χ3v) is 13.6. The van der Waals surface area contributed by atoms with Gasteiger partial charge in [0, 0.05) is 0 Å². The summed E-state index contributed by atoms with van der Waals surface area (Å²) in [7, 11) is 0. The van der Waals surface area contributed by atoms with Gasteiger partial charge in [0.25, 0.3) is 0 Å². The van der Waals surface area contributed by atoms with Crippen LogP contribution in [-0.4, -0.2) is 0 Å². The third kappa shape index (κ3) is 6.27. The molecule has 12 rings (SSSR count). The van der Waals surface area contributed by atoms with Gasteiger partial charge in [0.1, 0.15) is 0 Å². The van der Waals surface area contributed by atoms with Gasteiger partial charge in [0.15, 0.2) is 0 Å². The average molecular weight is 807 g/mol. The second-order valence-electron chi connectivity index (χ2n) is 17.2. The fourth-order valence-corrected chi connectivity index (χ4v) is 10.8. The molecule has 1 aliphatic rings. The van der Waals surface area contributed by atoms with Crippen molar-refractivity contribution in [2.45, 2.75) is 44.9 Å². The molecular formula is C63H50. The van der Waals surface area contributed by atoms with E-state index in [2.05, 4.69) is 232 Å². The van der Waals surface area contributed by atoms with Crippen molar-refractivity contribution in [1.29, 1.82) is 0 Å². The smallest absolute Gasteiger partial charge is 0.0654 e. The minimum atomic E-state index is -0.582. The fraction of sp³-hybridized carbons (Fsp3) is 0.111. The van der Waals surface area contributed by atoms with E-state index in [0.29, 0.717) is 0 Å². The Bertz CT molecular complexity index is 3420. The molecule has 1 aliphatic carbocycles. The summed E-state index contributed by atoms with van der Waals surface area (Å²) in [4.78, 5) is 0. The normalized spacial score (nSPS) is 12.7. The van der Waals surface area contributed by atoms with Crippen LogP contribution in [0.5, 0.6) is 0 Å². The Balaban J connectivity index is 0.000000695. The minimum absolute atomic E-state index is 0.582. The number of rotatable bonds is 7. The molecule has 0 aromatic heterocycles. The molecule has 0 N–H and O–H groups in total. The van der Waals surface area contributed by atoms with Crippen molar-refractivity contribution in [1.82, 2.24) is 0 Å². The van der Waals surface area contributed by atoms with Gasteiger partial charge in [-0.1, -0.05) is 234 Å². The third-order valence-electron chi connectivity index (χ3n) is 13.6. The number of hydrogen-bond donors (Lipinski definition) is 0. The molecule has 0 nitrogen and oxygen atoms in total. The highest BCUT2D eigenvalue weighted by Crippen LogP contribution is 2.60. The lowest BCUT2D eigenvalue weighted by molar-refractivity contribution is 0.702. The van der Waals surface area contributed by atoms with Gasteiger partial charge >= 0.3 is 0 Å². The second-order valence-corrected chi connectivity index (χ2v) is 17.2. The van der Waals surface area contributed by atoms with Crippen molar-refractivity contribution in [3.05, 3.63) is 241 Å². The molecule has 0 unspecified atom stereocenters. The first-order valence-corrected chi connectivity index (χ1v) is 22.8. The number of hydrogen-bond acceptors (Lipinski definition) is 0. The molecule has 11 aromatic carbocycles. The maximum Gasteiger partial charge on any atom is 0.0714 e. The lowest BCUT2D eigenvalue weighted by atomic mass is 9.67. The summed E-state index contributed by atoms with van der Waals surface area (Å²) in [6.07, 6.45) is 5.54. The molecule has 0 fully saturated rings. The summed E-state index contributed by atoms with van der Waals surface area (Å²) in [5.41, 5.74) is 12.2. The lowest BCUT2D eigenvalue weighted by Gasteiger charge is -2.34. The highest BCUT2D eigenvalue weighted by Gasteiger charge is 2.47. The van der Waals surface area contributed by atoms with Crippen molar-refractivity contribution in [3.63, 3.8) is 0 Å². The number of fused-ring (bicyclic) bond motifs is 11. The summed E-state index contributed by atoms with van der Waals surface area (Å²) in [5, 5.41) is 12.7. The molecule has 0 amide bonds. The van der Waals surface area contributed by atoms with Crippen LogP contribution in [0.15, 0.2) is 218 Å². The van der Waals surface area contributed by atoms with E-state index in [9.17, 15) is 0 Å². The van der Waals surface area contributed by atoms with Gasteiger partial charge in [-0.15, -0.1) is 0 Å². The van der Waals surface area contributed by atoms with Crippen LogP contribution in [0.1, 0.15) is 61.8 Å². The molecule has 0 radical (unpaired) electrons. The first-order chi connectivity index (χ1) is 31.2. The Kier molecular flexibility index (Phi) is 9.94. The Morgan fingerprint density at radius 3 is 1.25 bits per heavy atom. The van der Waals surface area contributed by atoms with Gasteiger partial charge in [0.2, 0.25) is 0 Å². The molecule has 0 heterocycles. The van der Waals surface area contributed by atoms with Gasteiger partial charge in [-0.05, 0) is 134 Å². The molecule has 0 saturated heterocycles. The standard InChI is InChI=1S/C57H36.C6H14/c1-3-19-40(20-4-1)57(41-21-5-2-6-22-41)54-35-39(51-33-37-17-7-9-23-42(37)44-25-11-13-27-46(44)51)31-32-50(54)56-49-30-16-15-29-48(49)53(36-55(56)57)52-34-38-18-8-10-24-43(38)45-26-12-14-28-47(45)52;1-3-5-6-4-2/h1-36H;3-6H2,1-2H3. The SMILES string of the molecule is CCCCCC.c1ccc(C2(c3ccccc3)c3cc(-c4cc5ccccc5c5ccccc45)ccc3-c3c2cc(-c2cc4ccccc4c4ccccc24)c2ccccc32)cc1. The monoisotopic (exact) mass is 806 g/mol. The molecule has 0 aliphatic heterocycles. The Hall–Kier alpha value is -7.28. The zero-order valence-corrected chi connectivity index (χ0v) is 36.1. The predicted molar refractivity (Wildman–Crippen MR) is 272 cm³/mol. The van der Waals surface area contributed by atoms with E-state index < -0.39 is 5.41 Å². The van der Waals surface area contributed by atoms with E-state index in [1.54, 1.807) is 0 Å². The van der Waals surface area contributed by atoms with Gasteiger partial charge < -0.3 is 0 Å². The Morgan fingerprint density at radius 1 is 0.302 bits per heavy atom. The molecule has 0 atom stereocenters. The summed E-state index contributed by atoms with van der Waals surface area (Å²) >= 11 is 0. The molecule has 0 saturated carbocycles. The van der Waals surface area contributed by atoms with E-state index in [4.69, 9.17) is 0 Å². The maximum atomic E-state index is 2.55. The molecule has 63 heavy (non-hydrogen) atoms. The molecule has 302 valence electrons. The first-order valence-electron chi connectivity index (χ1n) is 22.8. The zero-order valence-electron chi connectivity index (χ0n) is 36.1. The van der Waals surface area contributed by atoms with Crippen molar-refractivity contribution < 1.29 is 0 Å². The van der Waals surface area contributed by atoms with Gasteiger partial charge in [-0.25, -0.2) is 0 Å². The highest BCUT2D eigenvalue weighted by molar-refractivity contribution is 6.19. The average Bonchev–Trinajstić information content (AvgIpc) is 3.66. The summed E-state index contributed by atoms with van der Waals surface area (Å²) in [5.74, 6) is 0. The van der Waals surface area contributed by atoms with Crippen LogP contribution >= 0.6 is 0 Å². The van der Waals surface area contributed by atoms with Crippen LogP contribution in [-0.2, 0) is 5.41 Å². The Morgan fingerprint density at radius 2 is 0.714 bits per heavy atom. The molecule has 11 aromatic rings. The predicted octanol–water partition coefficient (Wildman–Crippen LogP) is 17.7. The van der Waals surface area contributed by atoms with Crippen LogP contribution in [0.2, 0.25) is 0 Å². The van der Waals surface area contributed by atoms with Crippen LogP contribution in [0, 0.1) is 0 Å². The lowest BCUT2D eigenvalue weighted by Crippen LogP contribution is -2.28. The van der Waals surface area contributed by atoms with Crippen LogP contribution in [0.25, 0.3) is 87.2 Å². The van der Waals surface area contributed by atoms with Crippen molar-refractivity contribution >= 4 is 53.9 Å². The van der Waals surface area contributed by atoms with Crippen molar-refractivity contribution in [3.8, 4) is 33.4 Å². The van der Waals surface area contributed by atoms with Crippen LogP contribution < -0.4 is 0 Å². The summed E-state index contributed by atoms with van der Waals surface area (Å²) in [6, 6.07) is 81.7. The number of benzene rings is 11. The van der Waals surface area contributed by atoms with E-state index in [-0.39, 0.29) is 0 Å². The topological polar surface area (TPSA) is 0 Å². The van der Waals surface area contributed by atoms with Gasteiger partial charge in [0.05, 0.1) is 5.41 Å². The van der Waals surface area contributed by atoms with E-state index in [1.807, 2.05) is 0 Å². The Labute approximate surface area is 371 Å². The van der Waals surface area contributed by atoms with Crippen molar-refractivity contribution in [2.75, 3.05) is 0 Å². The van der Waals surface area contributed by atoms with Crippen molar-refractivity contribution in [2.24, 2.45) is 0 Å².